The van der Waals surface area contributed by atoms with Gasteiger partial charge < -0.3 is 0 Å². The number of anilines is 1. The Morgan fingerprint density at radius 3 is 2.48 bits per heavy atom. The van der Waals surface area contributed by atoms with Gasteiger partial charge in [0.05, 0.1) is 0 Å². The molecule has 0 bridgehead atoms. The second-order valence-corrected chi connectivity index (χ2v) is 17.6. The summed E-state index contributed by atoms with van der Waals surface area (Å²) in [7, 11) is 16.8. The molecule has 27 heavy (non-hydrogen) atoms. The van der Waals surface area contributed by atoms with Crippen LogP contribution in [-0.4, -0.2) is 14.1 Å². The molecular formula is C22H28Cl2N2Ti. The van der Waals surface area contributed by atoms with E-state index < -0.39 is 14.7 Å². The predicted octanol–water partition coefficient (Wildman–Crippen LogP) is 6.07. The van der Waals surface area contributed by atoms with Gasteiger partial charge in [0.1, 0.15) is 0 Å². The third kappa shape index (κ3) is 4.99. The average molecular weight is 439 g/mol. The van der Waals surface area contributed by atoms with Crippen molar-refractivity contribution in [3.8, 4) is 0 Å². The minimum absolute atomic E-state index is 0.0199. The molecule has 0 spiro atoms. The van der Waals surface area contributed by atoms with Gasteiger partial charge in [0.15, 0.2) is 0 Å². The molecule has 0 aromatic heterocycles. The molecule has 1 aliphatic rings. The number of halogens is 2. The molecule has 0 fully saturated rings. The molecule has 144 valence electrons. The van der Waals surface area contributed by atoms with Crippen molar-refractivity contribution >= 4 is 30.4 Å². The second-order valence-electron chi connectivity index (χ2n) is 8.36. The summed E-state index contributed by atoms with van der Waals surface area (Å²) in [6.45, 7) is 4.62. The van der Waals surface area contributed by atoms with Crippen molar-refractivity contribution in [1.82, 2.24) is 0 Å². The normalized spacial score (nSPS) is 16.5. The minimum atomic E-state index is -3.27. The fourth-order valence-corrected chi connectivity index (χ4v) is 6.52. The van der Waals surface area contributed by atoms with E-state index in [9.17, 15) is 0 Å². The summed E-state index contributed by atoms with van der Waals surface area (Å²) >= 11 is -3.27. The van der Waals surface area contributed by atoms with E-state index in [1.54, 1.807) is 0 Å². The first-order valence-corrected chi connectivity index (χ1v) is 15.6. The molecule has 5 heteroatoms. The molecule has 3 rings (SSSR count). The van der Waals surface area contributed by atoms with E-state index in [1.807, 2.05) is 14.1 Å². The SMILES string of the molecule is CN(C)c1ccc(C(C)(C)CC2C=Cc3ccccc32)c([CH2][Ti]([NH2])([Cl])[Cl])c1. The Kier molecular flexibility index (Phi) is 6.15. The fraction of sp³-hybridized carbons (Fsp3) is 0.364. The van der Waals surface area contributed by atoms with Crippen LogP contribution in [0.4, 0.5) is 5.69 Å². The Morgan fingerprint density at radius 1 is 1.11 bits per heavy atom. The van der Waals surface area contributed by atoms with Gasteiger partial charge in [-0.15, -0.1) is 0 Å². The molecule has 1 unspecified atom stereocenters. The standard InChI is InChI=1S/C22H26N.2ClH.H2N.Ti/c1-16-14-19(23(4)5)12-13-21(16)22(2,3)15-18-11-10-17-8-6-7-9-20(17)18;;;;/h6-14,18H,1,15H2,2-5H3;2*1H;1H2;/q;;;-1;+3/p-2. The van der Waals surface area contributed by atoms with E-state index >= 15 is 0 Å². The van der Waals surface area contributed by atoms with Crippen LogP contribution in [0.3, 0.4) is 0 Å². The Bertz CT molecular complexity index is 854. The van der Waals surface area contributed by atoms with Gasteiger partial charge in [-0.05, 0) is 0 Å². The van der Waals surface area contributed by atoms with Gasteiger partial charge in [0.2, 0.25) is 0 Å². The average Bonchev–Trinajstić information content (AvgIpc) is 2.95. The van der Waals surface area contributed by atoms with Crippen LogP contribution < -0.4 is 9.12 Å². The molecular weight excluding hydrogens is 411 g/mol. The number of nitrogens with zero attached hydrogens (tertiary/aromatic N) is 1. The van der Waals surface area contributed by atoms with Gasteiger partial charge in [-0.2, -0.15) is 0 Å². The molecule has 2 N–H and O–H groups in total. The molecule has 0 aliphatic heterocycles. The first-order valence-electron chi connectivity index (χ1n) is 9.31. The number of hydrogen-bond donors (Lipinski definition) is 1. The third-order valence-electron chi connectivity index (χ3n) is 5.39. The molecule has 1 aliphatic carbocycles. The summed E-state index contributed by atoms with van der Waals surface area (Å²) in [5.74, 6) is 0.425. The Labute approximate surface area is 174 Å². The van der Waals surface area contributed by atoms with Crippen molar-refractivity contribution < 1.29 is 14.7 Å². The number of benzene rings is 2. The van der Waals surface area contributed by atoms with Crippen LogP contribution in [0.15, 0.2) is 48.5 Å². The monoisotopic (exact) mass is 438 g/mol. The number of fused-ring (bicyclic) bond motifs is 1. The maximum absolute atomic E-state index is 6.36. The van der Waals surface area contributed by atoms with Gasteiger partial charge in [-0.3, -0.25) is 0 Å². The van der Waals surface area contributed by atoms with Crippen molar-refractivity contribution in [2.45, 2.75) is 36.3 Å². The first-order chi connectivity index (χ1) is 12.6. The maximum atomic E-state index is 6.36. The van der Waals surface area contributed by atoms with Crippen molar-refractivity contribution in [2.24, 2.45) is 4.22 Å². The van der Waals surface area contributed by atoms with Crippen LogP contribution in [-0.2, 0) is 24.9 Å². The summed E-state index contributed by atoms with van der Waals surface area (Å²) in [5.41, 5.74) is 6.36. The number of allylic oxidation sites excluding steroid dienone is 1. The summed E-state index contributed by atoms with van der Waals surface area (Å²) in [5, 5.41) is 0. The van der Waals surface area contributed by atoms with E-state index in [4.69, 9.17) is 22.8 Å². The molecule has 0 amide bonds. The van der Waals surface area contributed by atoms with Crippen LogP contribution >= 0.6 is 18.6 Å². The molecule has 2 nitrogen and oxygen atoms in total. The van der Waals surface area contributed by atoms with Crippen LogP contribution in [0.5, 0.6) is 0 Å². The zero-order chi connectivity index (χ0) is 19.8. The first kappa shape index (κ1) is 21.0. The zero-order valence-electron chi connectivity index (χ0n) is 16.5. The van der Waals surface area contributed by atoms with Crippen molar-refractivity contribution in [3.63, 3.8) is 0 Å². The van der Waals surface area contributed by atoms with Crippen molar-refractivity contribution in [3.05, 3.63) is 70.8 Å². The summed E-state index contributed by atoms with van der Waals surface area (Å²) in [4.78, 5) is 2.10. The Balaban J connectivity index is 1.95. The van der Waals surface area contributed by atoms with Gasteiger partial charge in [-0.1, -0.05) is 0 Å². The topological polar surface area (TPSA) is 29.3 Å². The molecule has 0 saturated heterocycles. The zero-order valence-corrected chi connectivity index (χ0v) is 19.5. The van der Waals surface area contributed by atoms with E-state index in [2.05, 4.69) is 73.4 Å². The quantitative estimate of drug-likeness (QED) is 0.554. The molecule has 1 atom stereocenters. The Morgan fingerprint density at radius 2 is 1.81 bits per heavy atom. The predicted molar refractivity (Wildman–Crippen MR) is 116 cm³/mol. The summed E-state index contributed by atoms with van der Waals surface area (Å²) in [6, 6.07) is 15.3. The fourth-order valence-electron chi connectivity index (χ4n) is 4.08. The second kappa shape index (κ2) is 7.93. The van der Waals surface area contributed by atoms with Crippen LogP contribution in [0, 0.1) is 0 Å². The van der Waals surface area contributed by atoms with Crippen LogP contribution in [0.25, 0.3) is 6.08 Å². The van der Waals surface area contributed by atoms with Gasteiger partial charge in [0.25, 0.3) is 0 Å². The van der Waals surface area contributed by atoms with Crippen LogP contribution in [0.1, 0.15) is 48.4 Å². The van der Waals surface area contributed by atoms with E-state index in [0.717, 1.165) is 12.1 Å². The van der Waals surface area contributed by atoms with Crippen molar-refractivity contribution in [1.29, 1.82) is 0 Å². The third-order valence-corrected chi connectivity index (χ3v) is 7.83. The van der Waals surface area contributed by atoms with Gasteiger partial charge in [-0.25, -0.2) is 0 Å². The number of rotatable bonds is 6. The van der Waals surface area contributed by atoms with Crippen molar-refractivity contribution in [2.75, 3.05) is 19.0 Å². The molecule has 0 saturated carbocycles. The number of hydrogen-bond acceptors (Lipinski definition) is 2. The van der Waals surface area contributed by atoms with E-state index in [1.165, 1.54) is 22.3 Å². The summed E-state index contributed by atoms with van der Waals surface area (Å²) < 4.78 is 6.72. The molecule has 2 aromatic carbocycles. The van der Waals surface area contributed by atoms with Gasteiger partial charge >= 0.3 is 175 Å². The molecule has 0 radical (unpaired) electrons. The molecule has 2 aromatic rings. The van der Waals surface area contributed by atoms with E-state index in [0.29, 0.717) is 10.6 Å². The van der Waals surface area contributed by atoms with Gasteiger partial charge in [0, 0.05) is 0 Å². The van der Waals surface area contributed by atoms with Crippen LogP contribution in [0.2, 0.25) is 0 Å². The Hall–Kier alpha value is -0.766. The summed E-state index contributed by atoms with van der Waals surface area (Å²) in [6.07, 6.45) is 5.60. The molecule has 0 heterocycles. The van der Waals surface area contributed by atoms with E-state index in [-0.39, 0.29) is 5.41 Å². The number of nitrogens with two attached hydrogens (primary N) is 1.